The van der Waals surface area contributed by atoms with Gasteiger partial charge in [0.15, 0.2) is 5.78 Å². The lowest BCUT2D eigenvalue weighted by Gasteiger charge is -2.11. The number of nitrogens with one attached hydrogen (secondary N) is 1. The minimum Gasteiger partial charge on any atom is -0.494 e. The molecule has 0 aliphatic heterocycles. The van der Waals surface area contributed by atoms with E-state index in [0.717, 1.165) is 31.6 Å². The Morgan fingerprint density at radius 2 is 1.69 bits per heavy atom. The predicted octanol–water partition coefficient (Wildman–Crippen LogP) is 5.06. The van der Waals surface area contributed by atoms with Gasteiger partial charge in [-0.25, -0.2) is 0 Å². The van der Waals surface area contributed by atoms with Gasteiger partial charge in [0.1, 0.15) is 5.75 Å². The van der Waals surface area contributed by atoms with Gasteiger partial charge in [0.25, 0.3) is 5.91 Å². The number of ketones is 1. The zero-order chi connectivity index (χ0) is 18.6. The highest BCUT2D eigenvalue weighted by atomic mass is 16.5. The maximum absolute atomic E-state index is 12.2. The first-order valence-corrected chi connectivity index (χ1v) is 10.3. The molecule has 0 spiro atoms. The van der Waals surface area contributed by atoms with Gasteiger partial charge in [0.05, 0.1) is 12.6 Å². The van der Waals surface area contributed by atoms with Gasteiger partial charge in [0, 0.05) is 12.0 Å². The van der Waals surface area contributed by atoms with Crippen molar-refractivity contribution in [3.05, 3.63) is 29.8 Å². The van der Waals surface area contributed by atoms with Crippen LogP contribution in [0, 0.1) is 0 Å². The maximum Gasteiger partial charge on any atom is 0.251 e. The molecule has 1 saturated carbocycles. The first-order valence-electron chi connectivity index (χ1n) is 10.3. The summed E-state index contributed by atoms with van der Waals surface area (Å²) in [6.45, 7) is 2.96. The molecule has 1 aromatic carbocycles. The van der Waals surface area contributed by atoms with Crippen LogP contribution in [0.15, 0.2) is 24.3 Å². The third-order valence-corrected chi connectivity index (χ3v) is 4.99. The third kappa shape index (κ3) is 7.19. The van der Waals surface area contributed by atoms with Gasteiger partial charge >= 0.3 is 0 Å². The molecule has 1 fully saturated rings. The number of carbonyl (C=O) groups excluding carboxylic acids is 2. The average Bonchev–Trinajstić information content (AvgIpc) is 3.05. The van der Waals surface area contributed by atoms with E-state index in [2.05, 4.69) is 12.2 Å². The molecule has 0 heterocycles. The van der Waals surface area contributed by atoms with Crippen molar-refractivity contribution in [1.82, 2.24) is 5.32 Å². The molecule has 1 aromatic rings. The fourth-order valence-corrected chi connectivity index (χ4v) is 3.34. The van der Waals surface area contributed by atoms with E-state index >= 15 is 0 Å². The van der Waals surface area contributed by atoms with Crippen molar-refractivity contribution in [2.24, 2.45) is 0 Å². The van der Waals surface area contributed by atoms with E-state index in [0.29, 0.717) is 12.0 Å². The largest absolute Gasteiger partial charge is 0.494 e. The summed E-state index contributed by atoms with van der Waals surface area (Å²) in [4.78, 5) is 23.8. The number of ether oxygens (including phenoxy) is 1. The molecule has 1 N–H and O–H groups in total. The smallest absolute Gasteiger partial charge is 0.251 e. The lowest BCUT2D eigenvalue weighted by Crippen LogP contribution is -2.37. The Bertz CT molecular complexity index is 553. The van der Waals surface area contributed by atoms with Crippen molar-refractivity contribution in [1.29, 1.82) is 0 Å². The van der Waals surface area contributed by atoms with Crippen LogP contribution < -0.4 is 10.1 Å². The molecule has 1 aliphatic rings. The highest BCUT2D eigenvalue weighted by Crippen LogP contribution is 2.17. The zero-order valence-electron chi connectivity index (χ0n) is 16.1. The summed E-state index contributed by atoms with van der Waals surface area (Å²) in [5, 5.41) is 2.82. The van der Waals surface area contributed by atoms with Crippen LogP contribution in [0.5, 0.6) is 5.75 Å². The Labute approximate surface area is 157 Å². The van der Waals surface area contributed by atoms with E-state index in [9.17, 15) is 9.59 Å². The van der Waals surface area contributed by atoms with E-state index < -0.39 is 0 Å². The van der Waals surface area contributed by atoms with Gasteiger partial charge in [-0.2, -0.15) is 0 Å². The molecule has 0 aromatic heterocycles. The normalized spacial score (nSPS) is 16.7. The third-order valence-electron chi connectivity index (χ3n) is 4.99. The Morgan fingerprint density at radius 3 is 2.31 bits per heavy atom. The summed E-state index contributed by atoms with van der Waals surface area (Å²) in [6, 6.07) is 6.88. The van der Waals surface area contributed by atoms with Crippen LogP contribution in [-0.2, 0) is 4.79 Å². The van der Waals surface area contributed by atoms with Gasteiger partial charge < -0.3 is 10.1 Å². The fourth-order valence-electron chi connectivity index (χ4n) is 3.34. The Hall–Kier alpha value is -1.84. The number of rotatable bonds is 12. The quantitative estimate of drug-likeness (QED) is 0.531. The monoisotopic (exact) mass is 359 g/mol. The molecule has 0 saturated heterocycles. The van der Waals surface area contributed by atoms with E-state index in [4.69, 9.17) is 4.74 Å². The summed E-state index contributed by atoms with van der Waals surface area (Å²) in [5.74, 6) is 0.755. The molecule has 2 rings (SSSR count). The molecule has 0 radical (unpaired) electrons. The van der Waals surface area contributed by atoms with E-state index in [1.165, 1.54) is 44.9 Å². The van der Waals surface area contributed by atoms with Gasteiger partial charge in [-0.05, 0) is 43.5 Å². The van der Waals surface area contributed by atoms with Crippen LogP contribution in [0.4, 0.5) is 0 Å². The van der Waals surface area contributed by atoms with Crippen molar-refractivity contribution in [3.63, 3.8) is 0 Å². The number of carbonyl (C=O) groups is 2. The summed E-state index contributed by atoms with van der Waals surface area (Å²) in [7, 11) is 0. The van der Waals surface area contributed by atoms with Crippen LogP contribution in [0.25, 0.3) is 0 Å². The van der Waals surface area contributed by atoms with E-state index in [1.54, 1.807) is 12.1 Å². The zero-order valence-corrected chi connectivity index (χ0v) is 16.1. The first kappa shape index (κ1) is 20.5. The minimum absolute atomic E-state index is 0.142. The second-order valence-electron chi connectivity index (χ2n) is 7.23. The SMILES string of the molecule is CCCCCCCCCCOc1ccc(C(=O)N[C@@H]2CCCC2=O)cc1. The van der Waals surface area contributed by atoms with Crippen LogP contribution in [0.1, 0.15) is 87.9 Å². The lowest BCUT2D eigenvalue weighted by molar-refractivity contribution is -0.118. The summed E-state index contributed by atoms with van der Waals surface area (Å²) >= 11 is 0. The number of unbranched alkanes of at least 4 members (excludes halogenated alkanes) is 7. The van der Waals surface area contributed by atoms with E-state index in [1.807, 2.05) is 12.1 Å². The molecule has 1 aliphatic carbocycles. The Morgan fingerprint density at radius 1 is 1.04 bits per heavy atom. The van der Waals surface area contributed by atoms with Crippen molar-refractivity contribution >= 4 is 11.7 Å². The molecule has 4 nitrogen and oxygen atoms in total. The number of amides is 1. The molecule has 1 amide bonds. The molecule has 26 heavy (non-hydrogen) atoms. The second kappa shape index (κ2) is 11.7. The van der Waals surface area contributed by atoms with E-state index in [-0.39, 0.29) is 17.7 Å². The first-order chi connectivity index (χ1) is 12.7. The number of hydrogen-bond donors (Lipinski definition) is 1. The van der Waals surface area contributed by atoms with Gasteiger partial charge in [-0.15, -0.1) is 0 Å². The van der Waals surface area contributed by atoms with Crippen molar-refractivity contribution in [2.75, 3.05) is 6.61 Å². The molecule has 0 unspecified atom stereocenters. The fraction of sp³-hybridized carbons (Fsp3) is 0.636. The number of hydrogen-bond acceptors (Lipinski definition) is 3. The second-order valence-corrected chi connectivity index (χ2v) is 7.23. The Kier molecular flexibility index (Phi) is 9.22. The number of benzene rings is 1. The topological polar surface area (TPSA) is 55.4 Å². The predicted molar refractivity (Wildman–Crippen MR) is 105 cm³/mol. The van der Waals surface area contributed by atoms with Crippen LogP contribution >= 0.6 is 0 Å². The molecule has 1 atom stereocenters. The van der Waals surface area contributed by atoms with Crippen LogP contribution in [0.3, 0.4) is 0 Å². The van der Waals surface area contributed by atoms with Gasteiger partial charge in [-0.3, -0.25) is 9.59 Å². The summed E-state index contributed by atoms with van der Waals surface area (Å²) in [6.07, 6.45) is 12.5. The number of Topliss-reactive ketones (excluding diaryl/α,β-unsaturated/α-hetero) is 1. The van der Waals surface area contributed by atoms with Crippen molar-refractivity contribution < 1.29 is 14.3 Å². The average molecular weight is 360 g/mol. The molecule has 144 valence electrons. The summed E-state index contributed by atoms with van der Waals surface area (Å²) < 4.78 is 5.75. The maximum atomic E-state index is 12.2. The Balaban J connectivity index is 1.60. The van der Waals surface area contributed by atoms with Crippen molar-refractivity contribution in [2.45, 2.75) is 83.6 Å². The molecular formula is C22H33NO3. The lowest BCUT2D eigenvalue weighted by atomic mass is 10.1. The van der Waals surface area contributed by atoms with Crippen LogP contribution in [-0.4, -0.2) is 24.3 Å². The van der Waals surface area contributed by atoms with Crippen molar-refractivity contribution in [3.8, 4) is 5.75 Å². The van der Waals surface area contributed by atoms with Gasteiger partial charge in [0.2, 0.25) is 0 Å². The molecule has 0 bridgehead atoms. The minimum atomic E-state index is -0.305. The highest BCUT2D eigenvalue weighted by molar-refractivity contribution is 5.98. The van der Waals surface area contributed by atoms with Gasteiger partial charge in [-0.1, -0.05) is 51.9 Å². The van der Waals surface area contributed by atoms with Crippen LogP contribution in [0.2, 0.25) is 0 Å². The highest BCUT2D eigenvalue weighted by Gasteiger charge is 2.26. The molecule has 4 heteroatoms. The standard InChI is InChI=1S/C22H33NO3/c1-2-3-4-5-6-7-8-9-17-26-19-15-13-18(14-16-19)22(25)23-20-11-10-12-21(20)24/h13-16,20H,2-12,17H2,1H3,(H,23,25)/t20-/m1/s1. The summed E-state index contributed by atoms with van der Waals surface area (Å²) in [5.41, 5.74) is 0.573. The molecular weight excluding hydrogens is 326 g/mol.